The highest BCUT2D eigenvalue weighted by atomic mass is 32.1. The number of hydrogen-bond acceptors (Lipinski definition) is 4. The Balaban J connectivity index is 1.98. The molecule has 0 aliphatic carbocycles. The Morgan fingerprint density at radius 1 is 1.45 bits per heavy atom. The topological polar surface area (TPSA) is 54.0 Å². The molecule has 1 amide bonds. The van der Waals surface area contributed by atoms with Gasteiger partial charge in [0, 0.05) is 42.3 Å². The third-order valence-electron chi connectivity index (χ3n) is 3.20. The van der Waals surface area contributed by atoms with Crippen molar-refractivity contribution in [1.29, 1.82) is 0 Å². The highest BCUT2D eigenvalue weighted by Crippen LogP contribution is 2.18. The minimum absolute atomic E-state index is 0.0337. The van der Waals surface area contributed by atoms with Crippen molar-refractivity contribution >= 4 is 22.9 Å². The first-order chi connectivity index (χ1) is 9.61. The van der Waals surface area contributed by atoms with Crippen LogP contribution in [0.25, 0.3) is 0 Å². The lowest BCUT2D eigenvalue weighted by Crippen LogP contribution is -2.28. The molecule has 4 nitrogen and oxygen atoms in total. The van der Waals surface area contributed by atoms with Gasteiger partial charge in [-0.1, -0.05) is 6.92 Å². The van der Waals surface area contributed by atoms with Crippen LogP contribution in [0.1, 0.15) is 33.8 Å². The third-order valence-corrected chi connectivity index (χ3v) is 4.21. The fourth-order valence-corrected chi connectivity index (χ4v) is 2.68. The Labute approximate surface area is 123 Å². The minimum Gasteiger partial charge on any atom is -0.388 e. The normalized spacial score (nSPS) is 11.9. The molecule has 1 unspecified atom stereocenters. The van der Waals surface area contributed by atoms with E-state index >= 15 is 0 Å². The summed E-state index contributed by atoms with van der Waals surface area (Å²) >= 11 is 1.62. The predicted molar refractivity (Wildman–Crippen MR) is 83.6 cm³/mol. The fraction of sp³-hybridized carbons (Fsp3) is 0.333. The van der Waals surface area contributed by atoms with Gasteiger partial charge in [0.15, 0.2) is 0 Å². The number of anilines is 1. The molecule has 2 aromatic rings. The molecule has 1 atom stereocenters. The van der Waals surface area contributed by atoms with Gasteiger partial charge in [-0.25, -0.2) is 4.98 Å². The summed E-state index contributed by atoms with van der Waals surface area (Å²) in [5.74, 6) is 0.199. The van der Waals surface area contributed by atoms with Crippen LogP contribution in [0.2, 0.25) is 0 Å². The van der Waals surface area contributed by atoms with E-state index in [-0.39, 0.29) is 11.8 Å². The van der Waals surface area contributed by atoms with E-state index in [1.165, 1.54) is 0 Å². The molecule has 20 heavy (non-hydrogen) atoms. The van der Waals surface area contributed by atoms with Gasteiger partial charge in [0.1, 0.15) is 0 Å². The molecule has 0 aliphatic rings. The van der Waals surface area contributed by atoms with Crippen molar-refractivity contribution in [2.75, 3.05) is 18.9 Å². The van der Waals surface area contributed by atoms with E-state index in [0.717, 1.165) is 21.8 Å². The van der Waals surface area contributed by atoms with Crippen molar-refractivity contribution in [3.05, 3.63) is 45.9 Å². The number of thiazole rings is 1. The first-order valence-corrected chi connectivity index (χ1v) is 7.45. The molecular formula is C15H19N3OS. The standard InChI is InChI=1S/C15H19N3OS/c1-10-8-12(16-3)4-5-13(10)14(19)18-9-11(2)15-17-6-7-20-15/h4-8,11,16H,9H2,1-3H3,(H,18,19). The summed E-state index contributed by atoms with van der Waals surface area (Å²) in [6.07, 6.45) is 1.79. The number of rotatable bonds is 5. The summed E-state index contributed by atoms with van der Waals surface area (Å²) < 4.78 is 0. The maximum absolute atomic E-state index is 12.2. The number of aromatic nitrogens is 1. The lowest BCUT2D eigenvalue weighted by atomic mass is 10.1. The maximum Gasteiger partial charge on any atom is 0.251 e. The number of carbonyl (C=O) groups excluding carboxylic acids is 1. The molecule has 1 heterocycles. The SMILES string of the molecule is CNc1ccc(C(=O)NCC(C)c2nccs2)c(C)c1. The van der Waals surface area contributed by atoms with E-state index in [0.29, 0.717) is 6.54 Å². The smallest absolute Gasteiger partial charge is 0.251 e. The molecule has 2 N–H and O–H groups in total. The highest BCUT2D eigenvalue weighted by Gasteiger charge is 2.13. The van der Waals surface area contributed by atoms with Crippen molar-refractivity contribution < 1.29 is 4.79 Å². The molecule has 0 saturated heterocycles. The van der Waals surface area contributed by atoms with Crippen LogP contribution in [0.5, 0.6) is 0 Å². The average molecular weight is 289 g/mol. The van der Waals surface area contributed by atoms with Crippen molar-refractivity contribution in [3.8, 4) is 0 Å². The van der Waals surface area contributed by atoms with Crippen LogP contribution in [-0.2, 0) is 0 Å². The molecule has 5 heteroatoms. The van der Waals surface area contributed by atoms with Gasteiger partial charge >= 0.3 is 0 Å². The first kappa shape index (κ1) is 14.5. The van der Waals surface area contributed by atoms with E-state index in [1.807, 2.05) is 37.6 Å². The van der Waals surface area contributed by atoms with E-state index in [4.69, 9.17) is 0 Å². The Morgan fingerprint density at radius 2 is 2.25 bits per heavy atom. The van der Waals surface area contributed by atoms with Gasteiger partial charge in [0.05, 0.1) is 5.01 Å². The quantitative estimate of drug-likeness (QED) is 0.889. The summed E-state index contributed by atoms with van der Waals surface area (Å²) in [5.41, 5.74) is 2.70. The highest BCUT2D eigenvalue weighted by molar-refractivity contribution is 7.09. The van der Waals surface area contributed by atoms with E-state index in [9.17, 15) is 4.79 Å². The number of carbonyl (C=O) groups is 1. The minimum atomic E-state index is -0.0337. The van der Waals surface area contributed by atoms with Gasteiger partial charge in [0.25, 0.3) is 5.91 Å². The molecule has 1 aromatic heterocycles. The largest absolute Gasteiger partial charge is 0.388 e. The van der Waals surface area contributed by atoms with Crippen LogP contribution in [0.4, 0.5) is 5.69 Å². The van der Waals surface area contributed by atoms with Crippen LogP contribution in [0, 0.1) is 6.92 Å². The molecular weight excluding hydrogens is 270 g/mol. The first-order valence-electron chi connectivity index (χ1n) is 6.57. The van der Waals surface area contributed by atoms with E-state index < -0.39 is 0 Å². The van der Waals surface area contributed by atoms with Crippen molar-refractivity contribution in [2.24, 2.45) is 0 Å². The Morgan fingerprint density at radius 3 is 2.85 bits per heavy atom. The summed E-state index contributed by atoms with van der Waals surface area (Å²) in [4.78, 5) is 16.5. The van der Waals surface area contributed by atoms with Crippen molar-refractivity contribution in [1.82, 2.24) is 10.3 Å². The number of nitrogens with zero attached hydrogens (tertiary/aromatic N) is 1. The molecule has 0 bridgehead atoms. The molecule has 0 radical (unpaired) electrons. The number of aryl methyl sites for hydroxylation is 1. The molecule has 106 valence electrons. The Hall–Kier alpha value is -1.88. The van der Waals surface area contributed by atoms with Gasteiger partial charge in [-0.15, -0.1) is 11.3 Å². The molecule has 0 fully saturated rings. The predicted octanol–water partition coefficient (Wildman–Crippen LogP) is 3.03. The van der Waals surface area contributed by atoms with Crippen LogP contribution >= 0.6 is 11.3 Å². The van der Waals surface area contributed by atoms with Gasteiger partial charge in [-0.2, -0.15) is 0 Å². The summed E-state index contributed by atoms with van der Waals surface area (Å²) in [6, 6.07) is 5.73. The second-order valence-electron chi connectivity index (χ2n) is 4.76. The molecule has 2 rings (SSSR count). The number of hydrogen-bond donors (Lipinski definition) is 2. The monoisotopic (exact) mass is 289 g/mol. The number of amides is 1. The molecule has 0 saturated carbocycles. The van der Waals surface area contributed by atoms with Crippen LogP contribution in [-0.4, -0.2) is 24.5 Å². The maximum atomic E-state index is 12.2. The van der Waals surface area contributed by atoms with E-state index in [2.05, 4.69) is 22.5 Å². The molecule has 0 spiro atoms. The molecule has 1 aromatic carbocycles. The van der Waals surface area contributed by atoms with Gasteiger partial charge in [-0.3, -0.25) is 4.79 Å². The van der Waals surface area contributed by atoms with Crippen molar-refractivity contribution in [2.45, 2.75) is 19.8 Å². The Kier molecular flexibility index (Phi) is 4.74. The third kappa shape index (κ3) is 3.36. The van der Waals surface area contributed by atoms with Crippen LogP contribution in [0.3, 0.4) is 0 Å². The van der Waals surface area contributed by atoms with E-state index in [1.54, 1.807) is 17.5 Å². The molecule has 0 aliphatic heterocycles. The number of benzene rings is 1. The second kappa shape index (κ2) is 6.52. The van der Waals surface area contributed by atoms with Crippen LogP contribution in [0.15, 0.2) is 29.8 Å². The lowest BCUT2D eigenvalue weighted by Gasteiger charge is -2.12. The average Bonchev–Trinajstić information content (AvgIpc) is 2.98. The Bertz CT molecular complexity index is 581. The zero-order valence-electron chi connectivity index (χ0n) is 11.9. The zero-order chi connectivity index (χ0) is 14.5. The van der Waals surface area contributed by atoms with Gasteiger partial charge < -0.3 is 10.6 Å². The lowest BCUT2D eigenvalue weighted by molar-refractivity contribution is 0.0951. The summed E-state index contributed by atoms with van der Waals surface area (Å²) in [5, 5.41) is 9.04. The van der Waals surface area contributed by atoms with Crippen molar-refractivity contribution in [3.63, 3.8) is 0 Å². The zero-order valence-corrected chi connectivity index (χ0v) is 12.8. The fourth-order valence-electron chi connectivity index (χ4n) is 1.98. The number of nitrogens with one attached hydrogen (secondary N) is 2. The van der Waals surface area contributed by atoms with Gasteiger partial charge in [0.2, 0.25) is 0 Å². The van der Waals surface area contributed by atoms with Gasteiger partial charge in [-0.05, 0) is 30.7 Å². The summed E-state index contributed by atoms with van der Waals surface area (Å²) in [6.45, 7) is 4.61. The summed E-state index contributed by atoms with van der Waals surface area (Å²) in [7, 11) is 1.87. The van der Waals surface area contributed by atoms with Crippen LogP contribution < -0.4 is 10.6 Å². The second-order valence-corrected chi connectivity index (χ2v) is 5.69.